The molecule has 0 heterocycles. The second-order valence-corrected chi connectivity index (χ2v) is 4.57. The van der Waals surface area contributed by atoms with Crippen molar-refractivity contribution in [2.45, 2.75) is 6.18 Å². The zero-order valence-corrected chi connectivity index (χ0v) is 10.5. The number of hydrogen-bond donors (Lipinski definition) is 0. The molecule has 0 saturated carbocycles. The second kappa shape index (κ2) is 4.67. The normalized spacial score (nSPS) is 11.8. The second-order valence-electron chi connectivity index (χ2n) is 4.57. The van der Waals surface area contributed by atoms with E-state index in [2.05, 4.69) is 0 Å². The van der Waals surface area contributed by atoms with Crippen LogP contribution in [0.4, 0.5) is 13.2 Å². The Bertz CT molecular complexity index is 752. The van der Waals surface area contributed by atoms with E-state index in [-0.39, 0.29) is 5.56 Å². The zero-order chi connectivity index (χ0) is 14.2. The van der Waals surface area contributed by atoms with E-state index in [1.165, 1.54) is 12.1 Å². The Labute approximate surface area is 114 Å². The highest BCUT2D eigenvalue weighted by atomic mass is 19.4. The van der Waals surface area contributed by atoms with Crippen LogP contribution in [0.2, 0.25) is 0 Å². The topological polar surface area (TPSA) is 0 Å². The van der Waals surface area contributed by atoms with E-state index in [0.717, 1.165) is 16.8 Å². The largest absolute Gasteiger partial charge is 0.417 e. The molecule has 100 valence electrons. The number of halogens is 3. The Kier molecular flexibility index (Phi) is 2.97. The van der Waals surface area contributed by atoms with Crippen LogP contribution >= 0.6 is 0 Å². The Balaban J connectivity index is 2.32. The molecule has 3 aromatic rings. The summed E-state index contributed by atoms with van der Waals surface area (Å²) in [6, 6.07) is 18.6. The fourth-order valence-electron chi connectivity index (χ4n) is 2.43. The number of benzene rings is 3. The Morgan fingerprint density at radius 1 is 0.600 bits per heavy atom. The van der Waals surface area contributed by atoms with Crippen LogP contribution in [0.25, 0.3) is 21.9 Å². The molecule has 3 aromatic carbocycles. The average molecular weight is 272 g/mol. The van der Waals surface area contributed by atoms with Gasteiger partial charge in [-0.05, 0) is 28.0 Å². The van der Waals surface area contributed by atoms with E-state index < -0.39 is 11.7 Å². The molecule has 0 unspecified atom stereocenters. The molecule has 0 aromatic heterocycles. The zero-order valence-electron chi connectivity index (χ0n) is 10.5. The molecule has 0 spiro atoms. The highest BCUT2D eigenvalue weighted by Gasteiger charge is 2.33. The molecule has 0 N–H and O–H groups in total. The number of fused-ring (bicyclic) bond motifs is 1. The van der Waals surface area contributed by atoms with E-state index in [4.69, 9.17) is 0 Å². The molecule has 0 aliphatic heterocycles. The van der Waals surface area contributed by atoms with Gasteiger partial charge in [-0.3, -0.25) is 0 Å². The van der Waals surface area contributed by atoms with Gasteiger partial charge < -0.3 is 0 Å². The maximum Gasteiger partial charge on any atom is 0.417 e. The number of alkyl halides is 3. The monoisotopic (exact) mass is 272 g/mol. The van der Waals surface area contributed by atoms with Gasteiger partial charge in [0.25, 0.3) is 0 Å². The van der Waals surface area contributed by atoms with Gasteiger partial charge in [0.1, 0.15) is 0 Å². The predicted octanol–water partition coefficient (Wildman–Crippen LogP) is 5.53. The summed E-state index contributed by atoms with van der Waals surface area (Å²) in [5, 5.41) is 1.76. The van der Waals surface area contributed by atoms with Crippen molar-refractivity contribution in [3.8, 4) is 11.1 Å². The van der Waals surface area contributed by atoms with E-state index >= 15 is 0 Å². The minimum atomic E-state index is -4.35. The molecule has 3 heteroatoms. The van der Waals surface area contributed by atoms with Crippen molar-refractivity contribution >= 4 is 10.8 Å². The van der Waals surface area contributed by atoms with Gasteiger partial charge in [0.2, 0.25) is 0 Å². The maximum absolute atomic E-state index is 13.1. The van der Waals surface area contributed by atoms with Gasteiger partial charge in [-0.1, -0.05) is 60.7 Å². The number of rotatable bonds is 1. The Morgan fingerprint density at radius 2 is 1.20 bits per heavy atom. The summed E-state index contributed by atoms with van der Waals surface area (Å²) >= 11 is 0. The van der Waals surface area contributed by atoms with Gasteiger partial charge in [0.15, 0.2) is 0 Å². The van der Waals surface area contributed by atoms with Crippen molar-refractivity contribution in [1.82, 2.24) is 0 Å². The van der Waals surface area contributed by atoms with Crippen LogP contribution in [-0.2, 0) is 6.18 Å². The van der Waals surface area contributed by atoms with Crippen molar-refractivity contribution in [3.63, 3.8) is 0 Å². The first kappa shape index (κ1) is 12.7. The molecular weight excluding hydrogens is 261 g/mol. The summed E-state index contributed by atoms with van der Waals surface area (Å²) in [4.78, 5) is 0. The lowest BCUT2D eigenvalue weighted by atomic mass is 9.94. The molecule has 0 bridgehead atoms. The standard InChI is InChI=1S/C17H11F3/c18-17(19,20)16-11-4-3-9-15(16)14-10-5-7-12-6-1-2-8-13(12)14/h1-11H. The number of hydrogen-bond acceptors (Lipinski definition) is 0. The van der Waals surface area contributed by atoms with Gasteiger partial charge in [-0.25, -0.2) is 0 Å². The van der Waals surface area contributed by atoms with Crippen LogP contribution < -0.4 is 0 Å². The first-order valence-electron chi connectivity index (χ1n) is 6.22. The summed E-state index contributed by atoms with van der Waals surface area (Å²) in [6.07, 6.45) is -4.35. The lowest BCUT2D eigenvalue weighted by molar-refractivity contribution is -0.137. The van der Waals surface area contributed by atoms with Crippen molar-refractivity contribution in [3.05, 3.63) is 72.3 Å². The molecule has 0 amide bonds. The van der Waals surface area contributed by atoms with Crippen LogP contribution in [0.1, 0.15) is 5.56 Å². The van der Waals surface area contributed by atoms with Crippen LogP contribution in [0.15, 0.2) is 66.7 Å². The smallest absolute Gasteiger partial charge is 0.166 e. The fraction of sp³-hybridized carbons (Fsp3) is 0.0588. The summed E-state index contributed by atoms with van der Waals surface area (Å²) < 4.78 is 39.4. The summed E-state index contributed by atoms with van der Waals surface area (Å²) in [7, 11) is 0. The van der Waals surface area contributed by atoms with Crippen LogP contribution in [-0.4, -0.2) is 0 Å². The van der Waals surface area contributed by atoms with Gasteiger partial charge >= 0.3 is 6.18 Å². The predicted molar refractivity (Wildman–Crippen MR) is 74.4 cm³/mol. The molecule has 3 rings (SSSR count). The van der Waals surface area contributed by atoms with Gasteiger partial charge in [-0.2, -0.15) is 13.2 Å². The molecule has 0 nitrogen and oxygen atoms in total. The van der Waals surface area contributed by atoms with E-state index in [9.17, 15) is 13.2 Å². The first-order chi connectivity index (χ1) is 9.57. The van der Waals surface area contributed by atoms with Crippen LogP contribution in [0.3, 0.4) is 0 Å². The van der Waals surface area contributed by atoms with E-state index in [1.807, 2.05) is 30.3 Å². The van der Waals surface area contributed by atoms with Crippen molar-refractivity contribution < 1.29 is 13.2 Å². The van der Waals surface area contributed by atoms with Gasteiger partial charge in [0.05, 0.1) is 5.56 Å². The summed E-state index contributed by atoms with van der Waals surface area (Å²) in [5.74, 6) is 0. The fourth-order valence-corrected chi connectivity index (χ4v) is 2.43. The maximum atomic E-state index is 13.1. The molecule has 0 aliphatic carbocycles. The lowest BCUT2D eigenvalue weighted by Crippen LogP contribution is -2.06. The van der Waals surface area contributed by atoms with Crippen LogP contribution in [0, 0.1) is 0 Å². The highest BCUT2D eigenvalue weighted by molar-refractivity contribution is 5.97. The minimum absolute atomic E-state index is 0.219. The third-order valence-electron chi connectivity index (χ3n) is 3.31. The first-order valence-corrected chi connectivity index (χ1v) is 6.22. The van der Waals surface area contributed by atoms with E-state index in [1.54, 1.807) is 18.2 Å². The minimum Gasteiger partial charge on any atom is -0.166 e. The molecule has 0 radical (unpaired) electrons. The Morgan fingerprint density at radius 3 is 2.00 bits per heavy atom. The molecule has 0 atom stereocenters. The van der Waals surface area contributed by atoms with Crippen LogP contribution in [0.5, 0.6) is 0 Å². The SMILES string of the molecule is FC(F)(F)c1ccccc1-c1cccc2ccccc12. The molecule has 0 aliphatic rings. The van der Waals surface area contributed by atoms with Crippen molar-refractivity contribution in [2.75, 3.05) is 0 Å². The molecule has 0 fully saturated rings. The molecule has 0 saturated heterocycles. The third-order valence-corrected chi connectivity index (χ3v) is 3.31. The lowest BCUT2D eigenvalue weighted by Gasteiger charge is -2.14. The Hall–Kier alpha value is -2.29. The average Bonchev–Trinajstić information content (AvgIpc) is 2.46. The molecular formula is C17H11F3. The summed E-state index contributed by atoms with van der Waals surface area (Å²) in [5.41, 5.74) is 0.226. The van der Waals surface area contributed by atoms with Gasteiger partial charge in [-0.15, -0.1) is 0 Å². The molecule has 20 heavy (non-hydrogen) atoms. The van der Waals surface area contributed by atoms with E-state index in [0.29, 0.717) is 5.56 Å². The quantitative estimate of drug-likeness (QED) is 0.546. The van der Waals surface area contributed by atoms with Crippen molar-refractivity contribution in [1.29, 1.82) is 0 Å². The third kappa shape index (κ3) is 2.16. The summed E-state index contributed by atoms with van der Waals surface area (Å²) in [6.45, 7) is 0. The highest BCUT2D eigenvalue weighted by Crippen LogP contribution is 2.39. The van der Waals surface area contributed by atoms with Gasteiger partial charge in [0, 0.05) is 0 Å². The van der Waals surface area contributed by atoms with Crippen molar-refractivity contribution in [2.24, 2.45) is 0 Å².